The molecule has 2 unspecified atom stereocenters. The number of Topliss-reactive ketones (excluding diaryl/α,β-unsaturated/α-hetero) is 1. The second kappa shape index (κ2) is 8.30. The van der Waals surface area contributed by atoms with Crippen LogP contribution in [0.25, 0.3) is 0 Å². The summed E-state index contributed by atoms with van der Waals surface area (Å²) in [6.07, 6.45) is 8.94. The number of ketones is 1. The third kappa shape index (κ3) is 3.68. The molecule has 1 amide bonds. The summed E-state index contributed by atoms with van der Waals surface area (Å²) < 4.78 is -0.298. The summed E-state index contributed by atoms with van der Waals surface area (Å²) in [5.41, 5.74) is 0.792. The average Bonchev–Trinajstić information content (AvgIpc) is 3.09. The van der Waals surface area contributed by atoms with Crippen molar-refractivity contribution in [1.29, 1.82) is 0 Å². The second-order valence-electron chi connectivity index (χ2n) is 7.93. The highest BCUT2D eigenvalue weighted by Gasteiger charge is 2.56. The van der Waals surface area contributed by atoms with Gasteiger partial charge in [-0.2, -0.15) is 0 Å². The number of hydrogen-bond donors (Lipinski definition) is 0. The molecule has 0 radical (unpaired) electrons. The average molecular weight is 372 g/mol. The fourth-order valence-corrected chi connectivity index (χ4v) is 5.06. The van der Waals surface area contributed by atoms with Gasteiger partial charge >= 0.3 is 5.91 Å². The molecule has 0 bridgehead atoms. The van der Waals surface area contributed by atoms with Crippen LogP contribution in [0.1, 0.15) is 63.4 Å². The lowest BCUT2D eigenvalue weighted by molar-refractivity contribution is -0.858. The summed E-state index contributed by atoms with van der Waals surface area (Å²) in [6.45, 7) is 2.64. The Balaban J connectivity index is 1.95. The van der Waals surface area contributed by atoms with E-state index < -0.39 is 17.9 Å². The summed E-state index contributed by atoms with van der Waals surface area (Å²) in [6, 6.07) is 2.57. The van der Waals surface area contributed by atoms with Gasteiger partial charge in [-0.25, -0.2) is 9.28 Å². The number of aromatic nitrogens is 1. The van der Waals surface area contributed by atoms with Crippen molar-refractivity contribution in [2.75, 3.05) is 13.1 Å². The van der Waals surface area contributed by atoms with Gasteiger partial charge in [0.2, 0.25) is 0 Å². The van der Waals surface area contributed by atoms with Gasteiger partial charge in [-0.1, -0.05) is 32.3 Å². The Bertz CT molecular complexity index is 699. The molecule has 1 aliphatic heterocycles. The summed E-state index contributed by atoms with van der Waals surface area (Å²) in [5.74, 6) is -2.76. The van der Waals surface area contributed by atoms with Gasteiger partial charge < -0.3 is 9.90 Å². The lowest BCUT2D eigenvalue weighted by atomic mass is 9.85. The topological polar surface area (TPSA) is 87.2 Å². The maximum Gasteiger partial charge on any atom is 0.382 e. The fourth-order valence-electron chi connectivity index (χ4n) is 5.06. The third-order valence-corrected chi connectivity index (χ3v) is 6.32. The molecule has 2 fully saturated rings. The Morgan fingerprint density at radius 2 is 1.93 bits per heavy atom. The molecule has 6 heteroatoms. The molecular weight excluding hydrogens is 344 g/mol. The number of nitrogens with zero attached hydrogens (tertiary/aromatic N) is 2. The molecule has 1 aliphatic carbocycles. The van der Waals surface area contributed by atoms with Gasteiger partial charge in [0, 0.05) is 30.7 Å². The van der Waals surface area contributed by atoms with Crippen molar-refractivity contribution in [3.8, 4) is 0 Å². The maximum atomic E-state index is 13.4. The number of carboxylic acids is 1. The molecule has 2 heterocycles. The highest BCUT2D eigenvalue weighted by Crippen LogP contribution is 2.40. The van der Waals surface area contributed by atoms with Crippen molar-refractivity contribution >= 4 is 17.7 Å². The van der Waals surface area contributed by atoms with Crippen LogP contribution in [0.4, 0.5) is 0 Å². The number of rotatable bonds is 6. The molecule has 146 valence electrons. The molecule has 2 aliphatic rings. The first-order chi connectivity index (χ1) is 13.0. The monoisotopic (exact) mass is 372 g/mol. The van der Waals surface area contributed by atoms with Crippen molar-refractivity contribution in [3.05, 3.63) is 30.1 Å². The minimum atomic E-state index is -1.25. The van der Waals surface area contributed by atoms with Crippen LogP contribution >= 0.6 is 0 Å². The van der Waals surface area contributed by atoms with Gasteiger partial charge in [-0.15, -0.1) is 0 Å². The smallest absolute Gasteiger partial charge is 0.382 e. The largest absolute Gasteiger partial charge is 0.544 e. The number of likely N-dealkylation sites (tertiary alicyclic amines) is 1. The maximum absolute atomic E-state index is 13.4. The molecule has 1 saturated heterocycles. The highest BCUT2D eigenvalue weighted by atomic mass is 16.4. The summed E-state index contributed by atoms with van der Waals surface area (Å²) in [5, 5.41) is 12.2. The number of carbonyl (C=O) groups is 3. The Hall–Kier alpha value is -2.08. The van der Waals surface area contributed by atoms with E-state index in [0.29, 0.717) is 25.9 Å². The molecule has 1 saturated carbocycles. The van der Waals surface area contributed by atoms with E-state index in [4.69, 9.17) is 0 Å². The van der Waals surface area contributed by atoms with E-state index in [0.717, 1.165) is 37.7 Å². The predicted molar refractivity (Wildman–Crippen MR) is 97.3 cm³/mol. The number of hydrogen-bond acceptors (Lipinski definition) is 5. The standard InChI is InChI=1S/C21H28N2O4/c1-2-12-23(20(25)19(24)15-7-4-3-5-8-15)13-10-17(18(23)21(26)27)16-9-6-11-22-14-16/h6,9,11,14-15,17-18H,2-5,7-8,10,12-13H2,1H3/t17?,18-,23?/m0/s1. The Kier molecular flexibility index (Phi) is 6.05. The number of aliphatic carboxylic acids is 1. The second-order valence-corrected chi connectivity index (χ2v) is 7.93. The molecule has 0 N–H and O–H groups in total. The Labute approximate surface area is 160 Å². The lowest BCUT2D eigenvalue weighted by Crippen LogP contribution is -2.65. The van der Waals surface area contributed by atoms with E-state index in [9.17, 15) is 19.5 Å². The van der Waals surface area contributed by atoms with Crippen LogP contribution in [0, 0.1) is 5.92 Å². The number of amides is 1. The van der Waals surface area contributed by atoms with Gasteiger partial charge in [0.1, 0.15) is 12.0 Å². The zero-order valence-electron chi connectivity index (χ0n) is 15.9. The normalized spacial score (nSPS) is 28.8. The molecule has 1 aromatic heterocycles. The first kappa shape index (κ1) is 19.7. The quantitative estimate of drug-likeness (QED) is 0.559. The summed E-state index contributed by atoms with van der Waals surface area (Å²) in [7, 11) is 0. The van der Waals surface area contributed by atoms with E-state index in [1.54, 1.807) is 18.5 Å². The molecule has 1 aromatic rings. The van der Waals surface area contributed by atoms with E-state index in [2.05, 4.69) is 4.98 Å². The minimum absolute atomic E-state index is 0.252. The van der Waals surface area contributed by atoms with Crippen LogP contribution in [0.5, 0.6) is 0 Å². The zero-order chi connectivity index (χ0) is 19.4. The molecule has 3 rings (SSSR count). The molecule has 3 atom stereocenters. The van der Waals surface area contributed by atoms with Gasteiger partial charge in [-0.05, 0) is 30.9 Å². The van der Waals surface area contributed by atoms with Crippen LogP contribution < -0.4 is 5.11 Å². The zero-order valence-corrected chi connectivity index (χ0v) is 15.9. The van der Waals surface area contributed by atoms with Crippen molar-refractivity contribution < 1.29 is 24.0 Å². The van der Waals surface area contributed by atoms with E-state index in [-0.39, 0.29) is 22.1 Å². The first-order valence-electron chi connectivity index (χ1n) is 10.1. The minimum Gasteiger partial charge on any atom is -0.544 e. The van der Waals surface area contributed by atoms with Crippen LogP contribution in [0.15, 0.2) is 24.5 Å². The molecule has 27 heavy (non-hydrogen) atoms. The van der Waals surface area contributed by atoms with Crippen LogP contribution in [0.3, 0.4) is 0 Å². The molecule has 0 spiro atoms. The fraction of sp³-hybridized carbons (Fsp3) is 0.619. The Morgan fingerprint density at radius 3 is 2.52 bits per heavy atom. The highest BCUT2D eigenvalue weighted by molar-refractivity contribution is 6.34. The molecular formula is C21H28N2O4. The number of pyridine rings is 1. The SMILES string of the molecule is CCC[N+]1(C(=O)C(=O)C2CCCCC2)CCC(c2cccnc2)[C@H]1C(=O)[O-]. The molecule has 6 nitrogen and oxygen atoms in total. The summed E-state index contributed by atoms with van der Waals surface area (Å²) >= 11 is 0. The van der Waals surface area contributed by atoms with Crippen LogP contribution in [-0.2, 0) is 14.4 Å². The Morgan fingerprint density at radius 1 is 1.19 bits per heavy atom. The van der Waals surface area contributed by atoms with E-state index in [1.165, 1.54) is 0 Å². The van der Waals surface area contributed by atoms with Crippen LogP contribution in [0.2, 0.25) is 0 Å². The summed E-state index contributed by atoms with van der Waals surface area (Å²) in [4.78, 5) is 42.6. The lowest BCUT2D eigenvalue weighted by Gasteiger charge is -2.39. The number of carboxylic acid groups (broad SMARTS) is 1. The molecule has 0 aromatic carbocycles. The first-order valence-corrected chi connectivity index (χ1v) is 10.1. The third-order valence-electron chi connectivity index (χ3n) is 6.32. The number of carbonyl (C=O) groups excluding carboxylic acids is 3. The predicted octanol–water partition coefficient (Wildman–Crippen LogP) is 1.59. The van der Waals surface area contributed by atoms with Crippen molar-refractivity contribution in [2.24, 2.45) is 5.92 Å². The van der Waals surface area contributed by atoms with E-state index >= 15 is 0 Å². The van der Waals surface area contributed by atoms with Gasteiger partial charge in [0.05, 0.1) is 13.1 Å². The van der Waals surface area contributed by atoms with Crippen molar-refractivity contribution in [1.82, 2.24) is 4.98 Å². The van der Waals surface area contributed by atoms with Gasteiger partial charge in [0.15, 0.2) is 0 Å². The van der Waals surface area contributed by atoms with Gasteiger partial charge in [0.25, 0.3) is 5.78 Å². The van der Waals surface area contributed by atoms with Crippen LogP contribution in [-0.4, -0.2) is 46.3 Å². The number of quaternary nitrogens is 1. The van der Waals surface area contributed by atoms with Crippen molar-refractivity contribution in [2.45, 2.75) is 63.8 Å². The van der Waals surface area contributed by atoms with Gasteiger partial charge in [-0.3, -0.25) is 9.78 Å². The van der Waals surface area contributed by atoms with Crippen molar-refractivity contribution in [3.63, 3.8) is 0 Å². The van der Waals surface area contributed by atoms with E-state index in [1.807, 2.05) is 13.0 Å².